The Balaban J connectivity index is 1.43. The minimum Gasteiger partial charge on any atom is -0.370 e. The number of aromatic nitrogens is 4. The molecule has 26 heavy (non-hydrogen) atoms. The molecule has 1 aliphatic rings. The Labute approximate surface area is 151 Å². The van der Waals surface area contributed by atoms with E-state index in [1.54, 1.807) is 13.1 Å². The first-order valence-corrected chi connectivity index (χ1v) is 8.70. The third-order valence-corrected chi connectivity index (χ3v) is 4.27. The van der Waals surface area contributed by atoms with Crippen LogP contribution in [-0.2, 0) is 0 Å². The highest BCUT2D eigenvalue weighted by Crippen LogP contribution is 2.28. The maximum Gasteiger partial charge on any atom is 0.278 e. The fourth-order valence-electron chi connectivity index (χ4n) is 2.60. The molecule has 2 N–H and O–H groups in total. The maximum atomic E-state index is 12.5. The zero-order chi connectivity index (χ0) is 17.9. The van der Waals surface area contributed by atoms with Crippen LogP contribution in [-0.4, -0.2) is 32.4 Å². The Kier molecular flexibility index (Phi) is 4.35. The zero-order valence-corrected chi connectivity index (χ0v) is 14.5. The molecule has 1 aromatic carbocycles. The van der Waals surface area contributed by atoms with Crippen molar-refractivity contribution in [1.29, 1.82) is 0 Å². The molecule has 1 saturated carbocycles. The van der Waals surface area contributed by atoms with Crippen LogP contribution in [0.1, 0.15) is 29.0 Å². The van der Waals surface area contributed by atoms with Crippen LogP contribution in [0, 0.1) is 12.8 Å². The van der Waals surface area contributed by atoms with E-state index in [0.29, 0.717) is 17.1 Å². The summed E-state index contributed by atoms with van der Waals surface area (Å²) in [5, 5.41) is 14.8. The molecule has 7 nitrogen and oxygen atoms in total. The van der Waals surface area contributed by atoms with Crippen LogP contribution in [0.5, 0.6) is 0 Å². The van der Waals surface area contributed by atoms with Gasteiger partial charge in [0.1, 0.15) is 5.82 Å². The van der Waals surface area contributed by atoms with Crippen LogP contribution in [0.15, 0.2) is 48.7 Å². The fourth-order valence-corrected chi connectivity index (χ4v) is 2.60. The van der Waals surface area contributed by atoms with E-state index in [2.05, 4.69) is 25.8 Å². The minimum absolute atomic E-state index is 0.296. The van der Waals surface area contributed by atoms with Gasteiger partial charge in [-0.2, -0.15) is 9.90 Å². The van der Waals surface area contributed by atoms with E-state index >= 15 is 0 Å². The number of benzene rings is 1. The number of carbonyl (C=O) groups is 1. The smallest absolute Gasteiger partial charge is 0.278 e. The van der Waals surface area contributed by atoms with E-state index < -0.39 is 0 Å². The first-order valence-electron chi connectivity index (χ1n) is 8.70. The lowest BCUT2D eigenvalue weighted by Crippen LogP contribution is -2.14. The summed E-state index contributed by atoms with van der Waals surface area (Å²) in [4.78, 5) is 18.3. The summed E-state index contributed by atoms with van der Waals surface area (Å²) in [6.45, 7) is 2.73. The van der Waals surface area contributed by atoms with Gasteiger partial charge in [0.25, 0.3) is 5.91 Å². The molecular weight excluding hydrogens is 328 g/mol. The van der Waals surface area contributed by atoms with Gasteiger partial charge in [0.15, 0.2) is 5.69 Å². The Morgan fingerprint density at radius 1 is 1.15 bits per heavy atom. The summed E-state index contributed by atoms with van der Waals surface area (Å²) in [6.07, 6.45) is 4.23. The number of carbonyl (C=O) groups excluding carboxylic acids is 1. The molecule has 1 fully saturated rings. The van der Waals surface area contributed by atoms with Gasteiger partial charge in [0.2, 0.25) is 0 Å². The number of nitrogens with one attached hydrogen (secondary N) is 2. The molecule has 0 unspecified atom stereocenters. The molecule has 2 heterocycles. The largest absolute Gasteiger partial charge is 0.370 e. The second-order valence-electron chi connectivity index (χ2n) is 6.47. The Hall–Kier alpha value is -3.22. The number of amides is 1. The molecule has 7 heteroatoms. The summed E-state index contributed by atoms with van der Waals surface area (Å²) in [6, 6.07) is 13.2. The van der Waals surface area contributed by atoms with E-state index in [1.165, 1.54) is 17.6 Å². The van der Waals surface area contributed by atoms with Gasteiger partial charge in [-0.05, 0) is 49.9 Å². The van der Waals surface area contributed by atoms with Gasteiger partial charge in [0.05, 0.1) is 23.3 Å². The number of pyridine rings is 1. The predicted molar refractivity (Wildman–Crippen MR) is 99.5 cm³/mol. The van der Waals surface area contributed by atoms with Gasteiger partial charge < -0.3 is 10.6 Å². The number of hydrogen-bond donors (Lipinski definition) is 2. The second-order valence-corrected chi connectivity index (χ2v) is 6.47. The lowest BCUT2D eigenvalue weighted by molar-refractivity contribution is 0.102. The van der Waals surface area contributed by atoms with Gasteiger partial charge in [-0.3, -0.25) is 4.79 Å². The average Bonchev–Trinajstić information content (AvgIpc) is 3.42. The van der Waals surface area contributed by atoms with E-state index in [0.717, 1.165) is 24.0 Å². The van der Waals surface area contributed by atoms with Crippen LogP contribution in [0.3, 0.4) is 0 Å². The van der Waals surface area contributed by atoms with Crippen molar-refractivity contribution in [2.45, 2.75) is 19.8 Å². The van der Waals surface area contributed by atoms with Crippen LogP contribution in [0.4, 0.5) is 11.5 Å². The summed E-state index contributed by atoms with van der Waals surface area (Å²) in [5.74, 6) is 1.30. The van der Waals surface area contributed by atoms with Crippen LogP contribution < -0.4 is 10.6 Å². The van der Waals surface area contributed by atoms with E-state index in [9.17, 15) is 4.79 Å². The highest BCUT2D eigenvalue weighted by Gasteiger charge is 2.20. The monoisotopic (exact) mass is 348 g/mol. The zero-order valence-electron chi connectivity index (χ0n) is 14.5. The summed E-state index contributed by atoms with van der Waals surface area (Å²) < 4.78 is 0. The molecule has 2 aromatic heterocycles. The number of aryl methyl sites for hydroxylation is 1. The van der Waals surface area contributed by atoms with Crippen molar-refractivity contribution in [1.82, 2.24) is 20.0 Å². The number of nitrogens with zero attached hydrogens (tertiary/aromatic N) is 4. The molecule has 1 aliphatic carbocycles. The number of rotatable bonds is 6. The normalized spacial score (nSPS) is 13.4. The Morgan fingerprint density at radius 2 is 1.96 bits per heavy atom. The van der Waals surface area contributed by atoms with Crippen molar-refractivity contribution in [2.75, 3.05) is 17.2 Å². The lowest BCUT2D eigenvalue weighted by Gasteiger charge is -2.06. The van der Waals surface area contributed by atoms with Gasteiger partial charge in [-0.25, -0.2) is 4.98 Å². The summed E-state index contributed by atoms with van der Waals surface area (Å²) in [5.41, 5.74) is 2.30. The molecule has 0 aliphatic heterocycles. The quantitative estimate of drug-likeness (QED) is 0.715. The van der Waals surface area contributed by atoms with Crippen molar-refractivity contribution < 1.29 is 4.79 Å². The predicted octanol–water partition coefficient (Wildman–Crippen LogP) is 3.04. The number of anilines is 2. The molecule has 0 bridgehead atoms. The molecule has 3 aromatic rings. The molecule has 0 spiro atoms. The van der Waals surface area contributed by atoms with Crippen LogP contribution in [0.25, 0.3) is 5.69 Å². The summed E-state index contributed by atoms with van der Waals surface area (Å²) >= 11 is 0. The van der Waals surface area contributed by atoms with Crippen LogP contribution >= 0.6 is 0 Å². The minimum atomic E-state index is -0.301. The lowest BCUT2D eigenvalue weighted by atomic mass is 10.3. The Bertz CT molecular complexity index is 900. The molecule has 132 valence electrons. The molecule has 0 atom stereocenters. The van der Waals surface area contributed by atoms with Crippen molar-refractivity contribution in [3.63, 3.8) is 0 Å². The SMILES string of the molecule is Cc1nn(-c2ccccc2)nc1C(=O)Nc1ccc(NCC2CC2)nc1. The third kappa shape index (κ3) is 3.72. The van der Waals surface area contributed by atoms with E-state index in [1.807, 2.05) is 42.5 Å². The molecule has 0 radical (unpaired) electrons. The second kappa shape index (κ2) is 6.95. The molecule has 1 amide bonds. The van der Waals surface area contributed by atoms with Crippen molar-refractivity contribution in [3.8, 4) is 5.69 Å². The fraction of sp³-hybridized carbons (Fsp3) is 0.263. The average molecular weight is 348 g/mol. The highest BCUT2D eigenvalue weighted by molar-refractivity contribution is 6.03. The van der Waals surface area contributed by atoms with Crippen molar-refractivity contribution >= 4 is 17.4 Å². The van der Waals surface area contributed by atoms with Gasteiger partial charge in [-0.15, -0.1) is 5.10 Å². The maximum absolute atomic E-state index is 12.5. The highest BCUT2D eigenvalue weighted by atomic mass is 16.2. The van der Waals surface area contributed by atoms with Gasteiger partial charge >= 0.3 is 0 Å². The van der Waals surface area contributed by atoms with Crippen molar-refractivity contribution in [2.24, 2.45) is 5.92 Å². The van der Waals surface area contributed by atoms with Crippen molar-refractivity contribution in [3.05, 3.63) is 60.0 Å². The standard InChI is InChI=1S/C19H20N6O/c1-13-18(24-25(23-13)16-5-3-2-4-6-16)19(26)22-15-9-10-17(21-12-15)20-11-14-7-8-14/h2-6,9-10,12,14H,7-8,11H2,1H3,(H,20,21)(H,22,26). The van der Waals surface area contributed by atoms with Gasteiger partial charge in [-0.1, -0.05) is 18.2 Å². The van der Waals surface area contributed by atoms with Gasteiger partial charge in [0, 0.05) is 6.54 Å². The first-order chi connectivity index (χ1) is 12.7. The number of para-hydroxylation sites is 1. The van der Waals surface area contributed by atoms with E-state index in [4.69, 9.17) is 0 Å². The molecule has 4 rings (SSSR count). The third-order valence-electron chi connectivity index (χ3n) is 4.27. The first kappa shape index (κ1) is 16.3. The van der Waals surface area contributed by atoms with Crippen LogP contribution in [0.2, 0.25) is 0 Å². The number of hydrogen-bond acceptors (Lipinski definition) is 5. The summed E-state index contributed by atoms with van der Waals surface area (Å²) in [7, 11) is 0. The topological polar surface area (TPSA) is 84.7 Å². The van der Waals surface area contributed by atoms with E-state index in [-0.39, 0.29) is 5.91 Å². The Morgan fingerprint density at radius 3 is 2.65 bits per heavy atom. The molecular formula is C19H20N6O. The molecule has 0 saturated heterocycles.